The smallest absolute Gasteiger partial charge is 0.259 e. The first kappa shape index (κ1) is 14.0. The Kier molecular flexibility index (Phi) is 3.63. The maximum Gasteiger partial charge on any atom is 0.259 e. The van der Waals surface area contributed by atoms with Gasteiger partial charge in [0.2, 0.25) is 5.56 Å². The summed E-state index contributed by atoms with van der Waals surface area (Å²) < 4.78 is 5.30. The minimum absolute atomic E-state index is 0.160. The first-order chi connectivity index (χ1) is 10.1. The Bertz CT molecular complexity index is 648. The van der Waals surface area contributed by atoms with Crippen LogP contribution in [-0.4, -0.2) is 15.1 Å². The molecule has 0 bridgehead atoms. The van der Waals surface area contributed by atoms with Gasteiger partial charge in [-0.2, -0.15) is 4.98 Å². The molecule has 21 heavy (non-hydrogen) atoms. The van der Waals surface area contributed by atoms with Crippen molar-refractivity contribution in [3.63, 3.8) is 0 Å². The average molecular weight is 288 g/mol. The predicted molar refractivity (Wildman–Crippen MR) is 78.5 cm³/mol. The SMILES string of the molecule is CCC1CCC(N)(c2noc(-c3ccc(=O)[nH]c3)n2)CC1. The van der Waals surface area contributed by atoms with Gasteiger partial charge < -0.3 is 15.2 Å². The molecule has 0 atom stereocenters. The Balaban J connectivity index is 1.81. The maximum absolute atomic E-state index is 11.1. The van der Waals surface area contributed by atoms with E-state index >= 15 is 0 Å². The summed E-state index contributed by atoms with van der Waals surface area (Å²) in [6.45, 7) is 2.22. The first-order valence-corrected chi connectivity index (χ1v) is 7.43. The van der Waals surface area contributed by atoms with E-state index in [2.05, 4.69) is 22.0 Å². The van der Waals surface area contributed by atoms with E-state index in [1.54, 1.807) is 12.3 Å². The Morgan fingerprint density at radius 3 is 2.81 bits per heavy atom. The molecule has 2 heterocycles. The van der Waals surface area contributed by atoms with E-state index in [0.29, 0.717) is 17.3 Å². The summed E-state index contributed by atoms with van der Waals surface area (Å²) in [4.78, 5) is 18.1. The lowest BCUT2D eigenvalue weighted by molar-refractivity contribution is 0.216. The van der Waals surface area contributed by atoms with Crippen LogP contribution in [0.2, 0.25) is 0 Å². The summed E-state index contributed by atoms with van der Waals surface area (Å²) in [7, 11) is 0. The molecule has 0 aromatic carbocycles. The molecule has 3 rings (SSSR count). The molecule has 0 unspecified atom stereocenters. The van der Waals surface area contributed by atoms with Crippen molar-refractivity contribution in [2.24, 2.45) is 11.7 Å². The standard InChI is InChI=1S/C15H20N4O2/c1-2-10-5-7-15(16,8-6-10)14-18-13(21-19-14)11-3-4-12(20)17-9-11/h3-4,9-10H,2,5-8,16H2,1H3,(H,17,20). The quantitative estimate of drug-likeness (QED) is 0.902. The first-order valence-electron chi connectivity index (χ1n) is 7.43. The van der Waals surface area contributed by atoms with Gasteiger partial charge in [0, 0.05) is 12.3 Å². The Labute approximate surface area is 122 Å². The zero-order chi connectivity index (χ0) is 14.9. The van der Waals surface area contributed by atoms with Crippen molar-refractivity contribution in [1.29, 1.82) is 0 Å². The van der Waals surface area contributed by atoms with Crippen LogP contribution in [0.5, 0.6) is 0 Å². The number of nitrogens with one attached hydrogen (secondary N) is 1. The van der Waals surface area contributed by atoms with Gasteiger partial charge in [-0.1, -0.05) is 18.5 Å². The van der Waals surface area contributed by atoms with E-state index in [1.165, 1.54) is 12.5 Å². The summed E-state index contributed by atoms with van der Waals surface area (Å²) >= 11 is 0. The third kappa shape index (κ3) is 2.76. The molecule has 112 valence electrons. The molecule has 2 aromatic heterocycles. The number of nitrogens with two attached hydrogens (primary N) is 1. The van der Waals surface area contributed by atoms with E-state index in [0.717, 1.165) is 31.6 Å². The fourth-order valence-corrected chi connectivity index (χ4v) is 2.91. The monoisotopic (exact) mass is 288 g/mol. The highest BCUT2D eigenvalue weighted by molar-refractivity contribution is 5.50. The fourth-order valence-electron chi connectivity index (χ4n) is 2.91. The predicted octanol–water partition coefficient (Wildman–Crippen LogP) is 2.18. The lowest BCUT2D eigenvalue weighted by Crippen LogP contribution is -2.41. The molecule has 0 aliphatic heterocycles. The molecule has 0 amide bonds. The molecule has 2 aromatic rings. The Morgan fingerprint density at radius 1 is 1.43 bits per heavy atom. The molecule has 1 fully saturated rings. The van der Waals surface area contributed by atoms with E-state index in [1.807, 2.05) is 0 Å². The van der Waals surface area contributed by atoms with Gasteiger partial charge in [0.25, 0.3) is 5.89 Å². The van der Waals surface area contributed by atoms with Gasteiger partial charge in [-0.15, -0.1) is 0 Å². The molecular weight excluding hydrogens is 268 g/mol. The normalized spacial score (nSPS) is 25.9. The maximum atomic E-state index is 11.1. The zero-order valence-electron chi connectivity index (χ0n) is 12.1. The molecule has 1 aliphatic rings. The van der Waals surface area contributed by atoms with Crippen LogP contribution in [0.25, 0.3) is 11.5 Å². The topological polar surface area (TPSA) is 97.8 Å². The average Bonchev–Trinajstić information content (AvgIpc) is 2.99. The number of nitrogens with zero attached hydrogens (tertiary/aromatic N) is 2. The highest BCUT2D eigenvalue weighted by Crippen LogP contribution is 2.37. The van der Waals surface area contributed by atoms with E-state index in [4.69, 9.17) is 10.3 Å². The van der Waals surface area contributed by atoms with Crippen LogP contribution in [0.15, 0.2) is 27.6 Å². The van der Waals surface area contributed by atoms with Crippen LogP contribution in [0.3, 0.4) is 0 Å². The van der Waals surface area contributed by atoms with Crippen molar-refractivity contribution in [1.82, 2.24) is 15.1 Å². The van der Waals surface area contributed by atoms with Gasteiger partial charge in [0.05, 0.1) is 11.1 Å². The van der Waals surface area contributed by atoms with Crippen molar-refractivity contribution in [2.75, 3.05) is 0 Å². The molecule has 0 spiro atoms. The molecular formula is C15H20N4O2. The van der Waals surface area contributed by atoms with Crippen LogP contribution in [-0.2, 0) is 5.54 Å². The number of H-pyrrole nitrogens is 1. The highest BCUT2D eigenvalue weighted by atomic mass is 16.5. The van der Waals surface area contributed by atoms with Crippen molar-refractivity contribution >= 4 is 0 Å². The largest absolute Gasteiger partial charge is 0.334 e. The molecule has 6 nitrogen and oxygen atoms in total. The van der Waals surface area contributed by atoms with E-state index in [-0.39, 0.29) is 5.56 Å². The number of rotatable bonds is 3. The zero-order valence-corrected chi connectivity index (χ0v) is 12.1. The van der Waals surface area contributed by atoms with Crippen LogP contribution in [0, 0.1) is 5.92 Å². The Morgan fingerprint density at radius 2 is 2.19 bits per heavy atom. The molecule has 6 heteroatoms. The summed E-state index contributed by atoms with van der Waals surface area (Å²) in [6.07, 6.45) is 6.75. The second-order valence-corrected chi connectivity index (χ2v) is 5.87. The van der Waals surface area contributed by atoms with Gasteiger partial charge in [0.1, 0.15) is 0 Å². The molecule has 1 aliphatic carbocycles. The molecule has 3 N–H and O–H groups in total. The number of hydrogen-bond acceptors (Lipinski definition) is 5. The van der Waals surface area contributed by atoms with Gasteiger partial charge in [0.15, 0.2) is 5.82 Å². The summed E-state index contributed by atoms with van der Waals surface area (Å²) in [6, 6.07) is 3.09. The third-order valence-corrected chi connectivity index (χ3v) is 4.48. The number of aromatic amines is 1. The lowest BCUT2D eigenvalue weighted by atomic mass is 9.76. The lowest BCUT2D eigenvalue weighted by Gasteiger charge is -2.34. The number of hydrogen-bond donors (Lipinski definition) is 2. The fraction of sp³-hybridized carbons (Fsp3) is 0.533. The van der Waals surface area contributed by atoms with Crippen LogP contribution in [0.4, 0.5) is 0 Å². The van der Waals surface area contributed by atoms with Gasteiger partial charge in [-0.3, -0.25) is 4.79 Å². The second-order valence-electron chi connectivity index (χ2n) is 5.87. The third-order valence-electron chi connectivity index (χ3n) is 4.48. The van der Waals surface area contributed by atoms with Crippen LogP contribution >= 0.6 is 0 Å². The van der Waals surface area contributed by atoms with Gasteiger partial charge in [-0.25, -0.2) is 0 Å². The van der Waals surface area contributed by atoms with Gasteiger partial charge >= 0.3 is 0 Å². The van der Waals surface area contributed by atoms with Crippen LogP contribution < -0.4 is 11.3 Å². The van der Waals surface area contributed by atoms with E-state index in [9.17, 15) is 4.79 Å². The number of aromatic nitrogens is 3. The summed E-state index contributed by atoms with van der Waals surface area (Å²) in [5, 5.41) is 4.06. The summed E-state index contributed by atoms with van der Waals surface area (Å²) in [5.41, 5.74) is 6.51. The van der Waals surface area contributed by atoms with Gasteiger partial charge in [-0.05, 0) is 37.7 Å². The second kappa shape index (κ2) is 5.44. The number of pyridine rings is 1. The highest BCUT2D eigenvalue weighted by Gasteiger charge is 2.36. The Hall–Kier alpha value is -1.95. The van der Waals surface area contributed by atoms with Crippen molar-refractivity contribution in [3.8, 4) is 11.5 Å². The molecule has 1 saturated carbocycles. The van der Waals surface area contributed by atoms with E-state index < -0.39 is 5.54 Å². The van der Waals surface area contributed by atoms with Crippen molar-refractivity contribution < 1.29 is 4.52 Å². The molecule has 0 radical (unpaired) electrons. The minimum Gasteiger partial charge on any atom is -0.334 e. The minimum atomic E-state index is -0.490. The summed E-state index contributed by atoms with van der Waals surface area (Å²) in [5.74, 6) is 1.72. The van der Waals surface area contributed by atoms with Crippen molar-refractivity contribution in [3.05, 3.63) is 34.5 Å². The molecule has 0 saturated heterocycles. The van der Waals surface area contributed by atoms with Crippen LogP contribution in [0.1, 0.15) is 44.9 Å². The van der Waals surface area contributed by atoms with Crippen molar-refractivity contribution in [2.45, 2.75) is 44.6 Å².